The summed E-state index contributed by atoms with van der Waals surface area (Å²) in [5, 5.41) is 5.50. The van der Waals surface area contributed by atoms with Crippen LogP contribution in [0.2, 0.25) is 0 Å². The monoisotopic (exact) mass is 440 g/mol. The summed E-state index contributed by atoms with van der Waals surface area (Å²) in [6.45, 7) is 16.1. The smallest absolute Gasteiger partial charge is 0.314 e. The molecule has 2 rings (SSSR count). The van der Waals surface area contributed by atoms with Crippen LogP contribution in [0.25, 0.3) is 0 Å². The van der Waals surface area contributed by atoms with Gasteiger partial charge in [0.05, 0.1) is 14.2 Å². The lowest BCUT2D eigenvalue weighted by atomic mass is 9.85. The van der Waals surface area contributed by atoms with Gasteiger partial charge >= 0.3 is 11.8 Å². The van der Waals surface area contributed by atoms with Crippen LogP contribution in [0, 0.1) is 13.8 Å². The number of carbonyl (C=O) groups excluding carboxylic acids is 2. The van der Waals surface area contributed by atoms with Gasteiger partial charge in [0, 0.05) is 22.5 Å². The van der Waals surface area contributed by atoms with Gasteiger partial charge in [0.25, 0.3) is 0 Å². The molecule has 0 aromatic heterocycles. The molecule has 0 radical (unpaired) electrons. The highest BCUT2D eigenvalue weighted by Gasteiger charge is 2.24. The number of hydrogen-bond acceptors (Lipinski definition) is 4. The first-order chi connectivity index (χ1) is 14.7. The molecule has 6 heteroatoms. The number of carbonyl (C=O) groups is 2. The fourth-order valence-electron chi connectivity index (χ4n) is 3.50. The number of benzene rings is 2. The first-order valence-corrected chi connectivity index (χ1v) is 10.7. The van der Waals surface area contributed by atoms with Crippen molar-refractivity contribution in [2.24, 2.45) is 0 Å². The summed E-state index contributed by atoms with van der Waals surface area (Å²) in [4.78, 5) is 25.4. The standard InChI is InChI=1S/C26H36N2O4/c1-15-11-21(31-9)17(25(3,4)5)13-19(15)27-23(29)24(30)28-20-14-18(26(6,7)8)22(32-10)12-16(20)2/h11-14H,1-10H3,(H,27,29)(H,28,30). The molecule has 0 saturated carbocycles. The van der Waals surface area contributed by atoms with Crippen LogP contribution in [0.4, 0.5) is 11.4 Å². The number of aryl methyl sites for hydroxylation is 2. The van der Waals surface area contributed by atoms with Gasteiger partial charge in [0.15, 0.2) is 0 Å². The highest BCUT2D eigenvalue weighted by atomic mass is 16.5. The Balaban J connectivity index is 2.31. The third-order valence-electron chi connectivity index (χ3n) is 5.41. The number of amides is 2. The molecule has 32 heavy (non-hydrogen) atoms. The molecule has 0 unspecified atom stereocenters. The van der Waals surface area contributed by atoms with Crippen molar-refractivity contribution >= 4 is 23.2 Å². The summed E-state index contributed by atoms with van der Waals surface area (Å²) in [7, 11) is 3.25. The van der Waals surface area contributed by atoms with E-state index < -0.39 is 11.8 Å². The molecular weight excluding hydrogens is 404 g/mol. The molecule has 2 aromatic rings. The van der Waals surface area contributed by atoms with Crippen LogP contribution in [0.5, 0.6) is 11.5 Å². The van der Waals surface area contributed by atoms with Gasteiger partial charge < -0.3 is 20.1 Å². The SMILES string of the molecule is COc1cc(C)c(NC(=O)C(=O)Nc2cc(C(C)(C)C)c(OC)cc2C)cc1C(C)(C)C. The van der Waals surface area contributed by atoms with Crippen LogP contribution in [0.3, 0.4) is 0 Å². The van der Waals surface area contributed by atoms with E-state index in [1.165, 1.54) is 0 Å². The van der Waals surface area contributed by atoms with Crippen LogP contribution < -0.4 is 20.1 Å². The summed E-state index contributed by atoms with van der Waals surface area (Å²) >= 11 is 0. The Hall–Kier alpha value is -3.02. The second kappa shape index (κ2) is 9.23. The second-order valence-corrected chi connectivity index (χ2v) is 10.1. The van der Waals surface area contributed by atoms with E-state index in [-0.39, 0.29) is 10.8 Å². The zero-order valence-electron chi connectivity index (χ0n) is 20.9. The molecule has 0 heterocycles. The molecule has 0 bridgehead atoms. The molecule has 0 atom stereocenters. The lowest BCUT2D eigenvalue weighted by molar-refractivity contribution is -0.133. The maximum atomic E-state index is 12.7. The van der Waals surface area contributed by atoms with Crippen molar-refractivity contribution in [2.45, 2.75) is 66.2 Å². The van der Waals surface area contributed by atoms with Crippen molar-refractivity contribution in [1.82, 2.24) is 0 Å². The van der Waals surface area contributed by atoms with Gasteiger partial charge in [-0.15, -0.1) is 0 Å². The number of anilines is 2. The normalized spacial score (nSPS) is 11.7. The van der Waals surface area contributed by atoms with Gasteiger partial charge in [0.1, 0.15) is 11.5 Å². The van der Waals surface area contributed by atoms with E-state index in [4.69, 9.17) is 9.47 Å². The Morgan fingerprint density at radius 2 is 0.969 bits per heavy atom. The van der Waals surface area contributed by atoms with Gasteiger partial charge in [-0.05, 0) is 60.1 Å². The van der Waals surface area contributed by atoms with Gasteiger partial charge in [-0.3, -0.25) is 9.59 Å². The van der Waals surface area contributed by atoms with Gasteiger partial charge in [0.2, 0.25) is 0 Å². The molecule has 174 valence electrons. The van der Waals surface area contributed by atoms with E-state index in [0.29, 0.717) is 11.4 Å². The first kappa shape index (κ1) is 25.2. The van der Waals surface area contributed by atoms with Crippen molar-refractivity contribution in [3.05, 3.63) is 46.5 Å². The molecular formula is C26H36N2O4. The molecule has 0 aliphatic rings. The highest BCUT2D eigenvalue weighted by molar-refractivity contribution is 6.43. The first-order valence-electron chi connectivity index (χ1n) is 10.7. The molecule has 0 fully saturated rings. The average Bonchev–Trinajstić information content (AvgIpc) is 2.68. The van der Waals surface area contributed by atoms with Crippen molar-refractivity contribution in [3.63, 3.8) is 0 Å². The lowest BCUT2D eigenvalue weighted by Crippen LogP contribution is -2.30. The van der Waals surface area contributed by atoms with Crippen molar-refractivity contribution < 1.29 is 19.1 Å². The van der Waals surface area contributed by atoms with Crippen molar-refractivity contribution in [3.8, 4) is 11.5 Å². The molecule has 0 saturated heterocycles. The van der Waals surface area contributed by atoms with E-state index in [1.54, 1.807) is 14.2 Å². The zero-order chi connectivity index (χ0) is 24.4. The van der Waals surface area contributed by atoms with Crippen LogP contribution in [0.15, 0.2) is 24.3 Å². The van der Waals surface area contributed by atoms with Crippen LogP contribution in [-0.4, -0.2) is 26.0 Å². The van der Waals surface area contributed by atoms with E-state index in [0.717, 1.165) is 33.8 Å². The van der Waals surface area contributed by atoms with Gasteiger partial charge in [-0.2, -0.15) is 0 Å². The average molecular weight is 441 g/mol. The fourth-order valence-corrected chi connectivity index (χ4v) is 3.50. The number of hydrogen-bond donors (Lipinski definition) is 2. The lowest BCUT2D eigenvalue weighted by Gasteiger charge is -2.24. The van der Waals surface area contributed by atoms with Crippen LogP contribution in [0.1, 0.15) is 63.8 Å². The number of methoxy groups -OCH3 is 2. The summed E-state index contributed by atoms with van der Waals surface area (Å²) < 4.78 is 11.0. The van der Waals surface area contributed by atoms with Gasteiger partial charge in [-0.25, -0.2) is 0 Å². The Labute approximate surface area is 191 Å². The minimum Gasteiger partial charge on any atom is -0.496 e. The number of rotatable bonds is 4. The molecule has 0 spiro atoms. The third kappa shape index (κ3) is 5.61. The zero-order valence-corrected chi connectivity index (χ0v) is 20.9. The van der Waals surface area contributed by atoms with Crippen molar-refractivity contribution in [1.29, 1.82) is 0 Å². The predicted molar refractivity (Wildman–Crippen MR) is 130 cm³/mol. The fraction of sp³-hybridized carbons (Fsp3) is 0.462. The molecule has 0 aliphatic carbocycles. The Morgan fingerprint density at radius 1 is 0.656 bits per heavy atom. The minimum atomic E-state index is -0.731. The summed E-state index contributed by atoms with van der Waals surface area (Å²) in [5.74, 6) is 0.0401. The molecule has 2 aromatic carbocycles. The Morgan fingerprint density at radius 3 is 1.22 bits per heavy atom. The largest absolute Gasteiger partial charge is 0.496 e. The molecule has 6 nitrogen and oxygen atoms in total. The van der Waals surface area contributed by atoms with Gasteiger partial charge in [-0.1, -0.05) is 41.5 Å². The topological polar surface area (TPSA) is 76.7 Å². The minimum absolute atomic E-state index is 0.190. The van der Waals surface area contributed by atoms with E-state index in [1.807, 2.05) is 38.1 Å². The summed E-state index contributed by atoms with van der Waals surface area (Å²) in [6, 6.07) is 7.49. The number of ether oxygens (including phenoxy) is 2. The van der Waals surface area contributed by atoms with Crippen LogP contribution >= 0.6 is 0 Å². The summed E-state index contributed by atoms with van der Waals surface area (Å²) in [5.41, 5.74) is 4.30. The van der Waals surface area contributed by atoms with Crippen LogP contribution in [-0.2, 0) is 20.4 Å². The van der Waals surface area contributed by atoms with E-state index >= 15 is 0 Å². The quantitative estimate of drug-likeness (QED) is 0.616. The Bertz CT molecular complexity index is 944. The maximum Gasteiger partial charge on any atom is 0.314 e. The second-order valence-electron chi connectivity index (χ2n) is 10.1. The predicted octanol–water partition coefficient (Wildman–Crippen LogP) is 5.49. The summed E-state index contributed by atoms with van der Waals surface area (Å²) in [6.07, 6.45) is 0. The molecule has 2 amide bonds. The molecule has 2 N–H and O–H groups in total. The van der Waals surface area contributed by atoms with E-state index in [9.17, 15) is 9.59 Å². The van der Waals surface area contributed by atoms with E-state index in [2.05, 4.69) is 52.2 Å². The molecule has 0 aliphatic heterocycles. The third-order valence-corrected chi connectivity index (χ3v) is 5.41. The van der Waals surface area contributed by atoms with Crippen molar-refractivity contribution in [2.75, 3.05) is 24.9 Å². The highest BCUT2D eigenvalue weighted by Crippen LogP contribution is 2.37. The Kier molecular flexibility index (Phi) is 7.28. The maximum absolute atomic E-state index is 12.7. The number of nitrogens with one attached hydrogen (secondary N) is 2.